The highest BCUT2D eigenvalue weighted by molar-refractivity contribution is 7.90. The molecule has 0 saturated carbocycles. The van der Waals surface area contributed by atoms with Gasteiger partial charge in [-0.05, 0) is 19.3 Å². The number of hydrogen-bond donors (Lipinski definition) is 1. The summed E-state index contributed by atoms with van der Waals surface area (Å²) in [4.78, 5) is 0. The van der Waals surface area contributed by atoms with E-state index in [1.165, 1.54) is 6.26 Å². The largest absolute Gasteiger partial charge is 0.328 e. The molecule has 1 atom stereocenters. The van der Waals surface area contributed by atoms with E-state index in [2.05, 4.69) is 0 Å². The molecule has 0 aromatic carbocycles. The van der Waals surface area contributed by atoms with E-state index >= 15 is 0 Å². The van der Waals surface area contributed by atoms with Gasteiger partial charge in [-0.2, -0.15) is 0 Å². The van der Waals surface area contributed by atoms with Crippen LogP contribution in [0.2, 0.25) is 0 Å². The fraction of sp³-hybridized carbons (Fsp3) is 1.00. The Kier molecular flexibility index (Phi) is 4.68. The molecule has 0 fully saturated rings. The molecule has 11 heavy (non-hydrogen) atoms. The van der Waals surface area contributed by atoms with E-state index in [9.17, 15) is 8.42 Å². The molecule has 0 aromatic heterocycles. The van der Waals surface area contributed by atoms with Gasteiger partial charge < -0.3 is 5.73 Å². The normalized spacial score (nSPS) is 14.8. The average Bonchev–Trinajstić information content (AvgIpc) is 1.85. The second-order valence-corrected chi connectivity index (χ2v) is 5.20. The van der Waals surface area contributed by atoms with Crippen LogP contribution in [0.3, 0.4) is 0 Å². The summed E-state index contributed by atoms with van der Waals surface area (Å²) in [5.41, 5.74) is 5.61. The fourth-order valence-electron chi connectivity index (χ4n) is 0.812. The predicted octanol–water partition coefficient (Wildman–Crippen LogP) is 0.548. The third-order valence-electron chi connectivity index (χ3n) is 1.61. The van der Waals surface area contributed by atoms with Crippen molar-refractivity contribution in [2.24, 2.45) is 5.73 Å². The molecule has 0 heterocycles. The number of hydrogen-bond acceptors (Lipinski definition) is 3. The van der Waals surface area contributed by atoms with Crippen molar-refractivity contribution in [2.45, 2.75) is 32.2 Å². The van der Waals surface area contributed by atoms with Crippen LogP contribution in [0.25, 0.3) is 0 Å². The summed E-state index contributed by atoms with van der Waals surface area (Å²) in [5.74, 6) is 0.265. The first kappa shape index (κ1) is 10.9. The van der Waals surface area contributed by atoms with E-state index in [0.29, 0.717) is 6.42 Å². The van der Waals surface area contributed by atoms with Crippen molar-refractivity contribution in [3.05, 3.63) is 0 Å². The third-order valence-corrected chi connectivity index (χ3v) is 2.64. The zero-order valence-electron chi connectivity index (χ0n) is 7.21. The summed E-state index contributed by atoms with van der Waals surface area (Å²) < 4.78 is 21.3. The lowest BCUT2D eigenvalue weighted by Gasteiger charge is -2.06. The molecule has 1 unspecified atom stereocenters. The second kappa shape index (κ2) is 4.72. The number of nitrogens with two attached hydrogens (primary N) is 1. The Labute approximate surface area is 68.9 Å². The van der Waals surface area contributed by atoms with Gasteiger partial charge in [0.05, 0.1) is 0 Å². The van der Waals surface area contributed by atoms with E-state index in [-0.39, 0.29) is 11.8 Å². The molecule has 2 N–H and O–H groups in total. The van der Waals surface area contributed by atoms with E-state index in [4.69, 9.17) is 5.73 Å². The molecule has 0 spiro atoms. The van der Waals surface area contributed by atoms with Crippen molar-refractivity contribution in [1.29, 1.82) is 0 Å². The zero-order valence-corrected chi connectivity index (χ0v) is 8.02. The van der Waals surface area contributed by atoms with E-state index < -0.39 is 9.84 Å². The van der Waals surface area contributed by atoms with Crippen molar-refractivity contribution >= 4 is 9.84 Å². The molecular weight excluding hydrogens is 162 g/mol. The molecule has 0 aliphatic heterocycles. The Bertz CT molecular complexity index is 187. The van der Waals surface area contributed by atoms with Gasteiger partial charge in [-0.1, -0.05) is 6.92 Å². The van der Waals surface area contributed by atoms with Gasteiger partial charge >= 0.3 is 0 Å². The highest BCUT2D eigenvalue weighted by Gasteiger charge is 2.03. The fourth-order valence-corrected chi connectivity index (χ4v) is 1.50. The van der Waals surface area contributed by atoms with Crippen LogP contribution in [0.1, 0.15) is 26.2 Å². The summed E-state index contributed by atoms with van der Waals surface area (Å²) in [6.45, 7) is 2.01. The quantitative estimate of drug-likeness (QED) is 0.670. The maximum Gasteiger partial charge on any atom is 0.147 e. The van der Waals surface area contributed by atoms with Crippen LogP contribution in [-0.2, 0) is 9.84 Å². The van der Waals surface area contributed by atoms with Crippen LogP contribution in [0, 0.1) is 0 Å². The van der Waals surface area contributed by atoms with Crippen molar-refractivity contribution in [3.63, 3.8) is 0 Å². The SMILES string of the molecule is CCC(N)CCCS(C)(=O)=O. The molecule has 0 amide bonds. The van der Waals surface area contributed by atoms with E-state index in [1.54, 1.807) is 0 Å². The monoisotopic (exact) mass is 179 g/mol. The first-order chi connectivity index (χ1) is 4.95. The molecule has 0 aromatic rings. The zero-order chi connectivity index (χ0) is 8.91. The molecule has 4 heteroatoms. The van der Waals surface area contributed by atoms with Crippen LogP contribution in [0.4, 0.5) is 0 Å². The summed E-state index contributed by atoms with van der Waals surface area (Å²) in [6.07, 6.45) is 3.67. The van der Waals surface area contributed by atoms with Crippen LogP contribution in [-0.4, -0.2) is 26.5 Å². The highest BCUT2D eigenvalue weighted by atomic mass is 32.2. The van der Waals surface area contributed by atoms with Crippen molar-refractivity contribution in [1.82, 2.24) is 0 Å². The molecule has 0 aliphatic carbocycles. The smallest absolute Gasteiger partial charge is 0.147 e. The Balaban J connectivity index is 3.43. The Hall–Kier alpha value is -0.0900. The van der Waals surface area contributed by atoms with Crippen molar-refractivity contribution in [2.75, 3.05) is 12.0 Å². The molecular formula is C7H17NO2S. The van der Waals surface area contributed by atoms with E-state index in [0.717, 1.165) is 12.8 Å². The Morgan fingerprint density at radius 2 is 2.00 bits per heavy atom. The van der Waals surface area contributed by atoms with Crippen LogP contribution < -0.4 is 5.73 Å². The Morgan fingerprint density at radius 3 is 2.36 bits per heavy atom. The second-order valence-electron chi connectivity index (χ2n) is 2.94. The van der Waals surface area contributed by atoms with Gasteiger partial charge in [0.2, 0.25) is 0 Å². The maximum absolute atomic E-state index is 10.7. The minimum atomic E-state index is -2.78. The minimum Gasteiger partial charge on any atom is -0.328 e. The summed E-state index contributed by atoms with van der Waals surface area (Å²) in [5, 5.41) is 0. The van der Waals surface area contributed by atoms with Gasteiger partial charge in [0.25, 0.3) is 0 Å². The van der Waals surface area contributed by atoms with Gasteiger partial charge in [-0.3, -0.25) is 0 Å². The molecule has 0 aliphatic rings. The molecule has 0 rings (SSSR count). The summed E-state index contributed by atoms with van der Waals surface area (Å²) in [7, 11) is -2.78. The van der Waals surface area contributed by atoms with Gasteiger partial charge in [-0.15, -0.1) is 0 Å². The molecule has 0 bridgehead atoms. The third kappa shape index (κ3) is 7.81. The van der Waals surface area contributed by atoms with Gasteiger partial charge in [-0.25, -0.2) is 8.42 Å². The van der Waals surface area contributed by atoms with E-state index in [1.807, 2.05) is 6.92 Å². The maximum atomic E-state index is 10.7. The van der Waals surface area contributed by atoms with Crippen LogP contribution >= 0.6 is 0 Å². The van der Waals surface area contributed by atoms with Gasteiger partial charge in [0.15, 0.2) is 0 Å². The lowest BCUT2D eigenvalue weighted by atomic mass is 10.1. The number of sulfone groups is 1. The predicted molar refractivity (Wildman–Crippen MR) is 47.2 cm³/mol. The van der Waals surface area contributed by atoms with Crippen LogP contribution in [0.5, 0.6) is 0 Å². The van der Waals surface area contributed by atoms with Crippen LogP contribution in [0.15, 0.2) is 0 Å². The average molecular weight is 179 g/mol. The summed E-state index contributed by atoms with van der Waals surface area (Å²) >= 11 is 0. The highest BCUT2D eigenvalue weighted by Crippen LogP contribution is 2.00. The molecule has 0 saturated heterocycles. The first-order valence-electron chi connectivity index (χ1n) is 3.89. The van der Waals surface area contributed by atoms with Gasteiger partial charge in [0, 0.05) is 18.1 Å². The van der Waals surface area contributed by atoms with Crippen molar-refractivity contribution in [3.8, 4) is 0 Å². The standard InChI is InChI=1S/C7H17NO2S/c1-3-7(8)5-4-6-11(2,9)10/h7H,3-6,8H2,1-2H3. The molecule has 68 valence electrons. The minimum absolute atomic E-state index is 0.164. The molecule has 3 nitrogen and oxygen atoms in total. The van der Waals surface area contributed by atoms with Gasteiger partial charge in [0.1, 0.15) is 9.84 Å². The van der Waals surface area contributed by atoms with Crippen molar-refractivity contribution < 1.29 is 8.42 Å². The first-order valence-corrected chi connectivity index (χ1v) is 5.95. The lowest BCUT2D eigenvalue weighted by Crippen LogP contribution is -2.19. The summed E-state index contributed by atoms with van der Waals surface area (Å²) in [6, 6.07) is 0.164. The molecule has 0 radical (unpaired) electrons. The number of rotatable bonds is 5. The lowest BCUT2D eigenvalue weighted by molar-refractivity contribution is 0.570. The topological polar surface area (TPSA) is 60.2 Å². The Morgan fingerprint density at radius 1 is 1.45 bits per heavy atom.